The number of hydrogen-bond acceptors (Lipinski definition) is 7. The molecule has 0 radical (unpaired) electrons. The second-order valence-electron chi connectivity index (χ2n) is 17.8. The minimum atomic E-state index is -4.55. The van der Waals surface area contributed by atoms with Crippen LogP contribution in [0.25, 0.3) is 0 Å². The first-order chi connectivity index (χ1) is 29.6. The zero-order valence-corrected chi connectivity index (χ0v) is 41.2. The van der Waals surface area contributed by atoms with Gasteiger partial charge >= 0.3 is 5.97 Å². The van der Waals surface area contributed by atoms with Gasteiger partial charge in [-0.25, -0.2) is 0 Å². The van der Waals surface area contributed by atoms with Crippen LogP contribution in [0.5, 0.6) is 0 Å². The molecule has 0 bridgehead atoms. The lowest BCUT2D eigenvalue weighted by Gasteiger charge is -2.28. The Morgan fingerprint density at radius 2 is 0.918 bits per heavy atom. The highest BCUT2D eigenvalue weighted by Gasteiger charge is 2.20. The molecule has 0 aliphatic heterocycles. The zero-order valence-electron chi connectivity index (χ0n) is 40.4. The van der Waals surface area contributed by atoms with E-state index in [2.05, 4.69) is 74.6 Å². The first-order valence-electron chi connectivity index (χ1n) is 25.0. The summed E-state index contributed by atoms with van der Waals surface area (Å²) in [5.74, 6) is -0.356. The number of phosphoric ester groups is 1. The monoisotopic (exact) mass is 878 g/mol. The molecule has 2 atom stereocenters. The van der Waals surface area contributed by atoms with E-state index in [0.717, 1.165) is 51.4 Å². The Kier molecular flexibility index (Phi) is 43.5. The van der Waals surface area contributed by atoms with E-state index in [9.17, 15) is 14.3 Å². The fourth-order valence-electron chi connectivity index (χ4n) is 6.79. The highest BCUT2D eigenvalue weighted by Crippen LogP contribution is 2.38. The molecule has 8 nitrogen and oxygen atoms in total. The fraction of sp³-hybridized carbons (Fsp3) is 0.788. The van der Waals surface area contributed by atoms with Gasteiger partial charge in [-0.2, -0.15) is 0 Å². The quantitative estimate of drug-likeness (QED) is 0.0198. The highest BCUT2D eigenvalue weighted by molar-refractivity contribution is 7.45. The number of phosphoric acid groups is 1. The van der Waals surface area contributed by atoms with Crippen LogP contribution in [-0.2, 0) is 27.9 Å². The van der Waals surface area contributed by atoms with Gasteiger partial charge in [-0.15, -0.1) is 0 Å². The summed E-state index contributed by atoms with van der Waals surface area (Å²) in [6.45, 7) is 5.09. The standard InChI is InChI=1S/C52H96NO7P/c1-6-8-10-12-14-16-18-20-22-24-25-26-27-28-29-30-31-33-35-37-39-41-43-45-52(54)60-51(50-59-61(55,56)58-48-46-53(3,4)5)49-57-47-44-42-40-38-36-34-32-23-21-19-17-15-13-11-9-7-2/h9,11,15,17,21,23,34,36,40,42,51H,6-8,10,12-14,16,18-20,22,24-33,35,37-39,41,43-50H2,1-5H3/b11-9-,17-15-,23-21-,36-34-,42-40-. The van der Waals surface area contributed by atoms with E-state index in [1.54, 1.807) is 0 Å². The molecule has 0 fully saturated rings. The van der Waals surface area contributed by atoms with Crippen molar-refractivity contribution in [3.05, 3.63) is 60.8 Å². The number of unbranched alkanes of at least 4 members (excludes halogenated alkanes) is 22. The lowest BCUT2D eigenvalue weighted by atomic mass is 10.0. The molecule has 0 spiro atoms. The van der Waals surface area contributed by atoms with E-state index >= 15 is 0 Å². The molecule has 0 aliphatic rings. The van der Waals surface area contributed by atoms with Crippen LogP contribution >= 0.6 is 7.82 Å². The average molecular weight is 878 g/mol. The molecule has 0 rings (SSSR count). The summed E-state index contributed by atoms with van der Waals surface area (Å²) < 4.78 is 34.6. The second kappa shape index (κ2) is 44.8. The molecule has 0 aliphatic carbocycles. The van der Waals surface area contributed by atoms with E-state index in [0.29, 0.717) is 30.5 Å². The Labute approximate surface area is 377 Å². The average Bonchev–Trinajstić information content (AvgIpc) is 3.22. The number of carbonyl (C=O) groups excluding carboxylic acids is 1. The zero-order chi connectivity index (χ0) is 44.8. The molecule has 2 unspecified atom stereocenters. The van der Waals surface area contributed by atoms with Crippen LogP contribution in [-0.4, -0.2) is 70.7 Å². The maximum atomic E-state index is 12.7. The number of esters is 1. The van der Waals surface area contributed by atoms with Crippen molar-refractivity contribution < 1.29 is 37.3 Å². The van der Waals surface area contributed by atoms with E-state index in [4.69, 9.17) is 18.5 Å². The number of hydrogen-bond donors (Lipinski definition) is 0. The van der Waals surface area contributed by atoms with E-state index in [-0.39, 0.29) is 25.8 Å². The first kappa shape index (κ1) is 59.2. The van der Waals surface area contributed by atoms with Gasteiger partial charge in [0.1, 0.15) is 19.3 Å². The van der Waals surface area contributed by atoms with Gasteiger partial charge in [-0.3, -0.25) is 9.36 Å². The number of likely N-dealkylation sites (N-methyl/N-ethyl adjacent to an activating group) is 1. The van der Waals surface area contributed by atoms with Crippen LogP contribution < -0.4 is 4.89 Å². The molecule has 0 heterocycles. The van der Waals surface area contributed by atoms with Gasteiger partial charge in [0.15, 0.2) is 0 Å². The number of rotatable bonds is 46. The molecule has 61 heavy (non-hydrogen) atoms. The molecule has 0 saturated carbocycles. The van der Waals surface area contributed by atoms with Crippen molar-refractivity contribution in [1.29, 1.82) is 0 Å². The van der Waals surface area contributed by atoms with Gasteiger partial charge in [0.2, 0.25) is 0 Å². The molecule has 0 amide bonds. The molecule has 356 valence electrons. The molecule has 9 heteroatoms. The fourth-order valence-corrected chi connectivity index (χ4v) is 7.52. The third-order valence-corrected chi connectivity index (χ3v) is 11.6. The SMILES string of the molecule is CC/C=C\C/C=C\C/C=C\C/C=C\C/C=C\CCOCC(COP(=O)([O-])OCC[N+](C)(C)C)OC(=O)CCCCCCCCCCCCCCCCCCCCCCCCC. The highest BCUT2D eigenvalue weighted by atomic mass is 31.2. The summed E-state index contributed by atoms with van der Waals surface area (Å²) in [4.78, 5) is 25.1. The predicted octanol–water partition coefficient (Wildman–Crippen LogP) is 14.6. The van der Waals surface area contributed by atoms with Crippen LogP contribution in [0.4, 0.5) is 0 Å². The summed E-state index contributed by atoms with van der Waals surface area (Å²) in [6, 6.07) is 0. The van der Waals surface area contributed by atoms with Crippen molar-refractivity contribution in [3.8, 4) is 0 Å². The van der Waals surface area contributed by atoms with Crippen LogP contribution in [0.1, 0.15) is 206 Å². The molecule has 0 N–H and O–H groups in total. The van der Waals surface area contributed by atoms with Crippen LogP contribution in [0, 0.1) is 0 Å². The third kappa shape index (κ3) is 49.1. The summed E-state index contributed by atoms with van der Waals surface area (Å²) in [6.07, 6.45) is 57.1. The molecule has 0 saturated heterocycles. The minimum absolute atomic E-state index is 0.0119. The van der Waals surface area contributed by atoms with Crippen molar-refractivity contribution in [3.63, 3.8) is 0 Å². The van der Waals surface area contributed by atoms with Gasteiger partial charge in [-0.1, -0.05) is 216 Å². The summed E-state index contributed by atoms with van der Waals surface area (Å²) in [5, 5.41) is 0. The second-order valence-corrected chi connectivity index (χ2v) is 19.2. The lowest BCUT2D eigenvalue weighted by Crippen LogP contribution is -2.37. The van der Waals surface area contributed by atoms with Crippen molar-refractivity contribution in [1.82, 2.24) is 0 Å². The summed E-state index contributed by atoms with van der Waals surface area (Å²) in [5.41, 5.74) is 0. The smallest absolute Gasteiger partial charge is 0.306 e. The molecule has 0 aromatic heterocycles. The summed E-state index contributed by atoms with van der Waals surface area (Å²) in [7, 11) is 1.31. The maximum Gasteiger partial charge on any atom is 0.306 e. The Balaban J connectivity index is 4.19. The number of carbonyl (C=O) groups is 1. The Hall–Kier alpha value is -1.80. The summed E-state index contributed by atoms with van der Waals surface area (Å²) >= 11 is 0. The number of ether oxygens (including phenoxy) is 2. The van der Waals surface area contributed by atoms with E-state index < -0.39 is 13.9 Å². The van der Waals surface area contributed by atoms with Crippen molar-refractivity contribution in [2.45, 2.75) is 213 Å². The van der Waals surface area contributed by atoms with Gasteiger partial charge in [0.05, 0.1) is 41.0 Å². The Morgan fingerprint density at radius 3 is 1.33 bits per heavy atom. The number of nitrogens with zero attached hydrogens (tertiary/aromatic N) is 1. The topological polar surface area (TPSA) is 94.1 Å². The van der Waals surface area contributed by atoms with Crippen LogP contribution in [0.2, 0.25) is 0 Å². The predicted molar refractivity (Wildman–Crippen MR) is 259 cm³/mol. The molecule has 0 aromatic rings. The van der Waals surface area contributed by atoms with Crippen LogP contribution in [0.15, 0.2) is 60.8 Å². The normalized spacial score (nSPS) is 14.1. The molecule has 0 aromatic carbocycles. The largest absolute Gasteiger partial charge is 0.756 e. The first-order valence-corrected chi connectivity index (χ1v) is 26.5. The van der Waals surface area contributed by atoms with Crippen LogP contribution in [0.3, 0.4) is 0 Å². The van der Waals surface area contributed by atoms with Gasteiger partial charge in [0, 0.05) is 6.42 Å². The Morgan fingerprint density at radius 1 is 0.525 bits per heavy atom. The van der Waals surface area contributed by atoms with E-state index in [1.807, 2.05) is 21.1 Å². The third-order valence-electron chi connectivity index (χ3n) is 10.6. The molecular weight excluding hydrogens is 782 g/mol. The Bertz CT molecular complexity index is 1160. The van der Waals surface area contributed by atoms with E-state index in [1.165, 1.54) is 128 Å². The van der Waals surface area contributed by atoms with Crippen molar-refractivity contribution >= 4 is 13.8 Å². The van der Waals surface area contributed by atoms with Crippen molar-refractivity contribution in [2.24, 2.45) is 0 Å². The number of allylic oxidation sites excluding steroid dienone is 9. The van der Waals surface area contributed by atoms with Gasteiger partial charge in [0.25, 0.3) is 7.82 Å². The van der Waals surface area contributed by atoms with Gasteiger partial charge < -0.3 is 27.9 Å². The minimum Gasteiger partial charge on any atom is -0.756 e. The molecular formula is C52H96NO7P. The number of quaternary nitrogens is 1. The van der Waals surface area contributed by atoms with Crippen molar-refractivity contribution in [2.75, 3.05) is 54.1 Å². The maximum absolute atomic E-state index is 12.7. The van der Waals surface area contributed by atoms with Gasteiger partial charge in [-0.05, 0) is 44.9 Å². The lowest BCUT2D eigenvalue weighted by molar-refractivity contribution is -0.870.